The average molecular weight is 349 g/mol. The lowest BCUT2D eigenvalue weighted by molar-refractivity contribution is -0.116. The maximum absolute atomic E-state index is 11.9. The van der Waals surface area contributed by atoms with E-state index in [0.717, 1.165) is 19.4 Å². The second-order valence-corrected chi connectivity index (χ2v) is 5.44. The molecule has 1 amide bonds. The Labute approximate surface area is 142 Å². The summed E-state index contributed by atoms with van der Waals surface area (Å²) in [6.45, 7) is 1.94. The van der Waals surface area contributed by atoms with Gasteiger partial charge in [0.2, 0.25) is 5.91 Å². The van der Waals surface area contributed by atoms with E-state index in [4.69, 9.17) is 21.1 Å². The minimum atomic E-state index is -0.00137. The number of benzene rings is 1. The van der Waals surface area contributed by atoms with Gasteiger partial charge in [0.1, 0.15) is 12.4 Å². The molecule has 0 spiro atoms. The molecule has 1 saturated heterocycles. The average Bonchev–Trinajstić information content (AvgIpc) is 2.94. The van der Waals surface area contributed by atoms with Crippen LogP contribution in [0.2, 0.25) is 5.02 Å². The summed E-state index contributed by atoms with van der Waals surface area (Å²) in [5, 5.41) is 6.64. The van der Waals surface area contributed by atoms with Crippen molar-refractivity contribution in [3.63, 3.8) is 0 Å². The van der Waals surface area contributed by atoms with Crippen LogP contribution in [0.25, 0.3) is 0 Å². The smallest absolute Gasteiger partial charge is 0.225 e. The third kappa shape index (κ3) is 6.01. The van der Waals surface area contributed by atoms with E-state index < -0.39 is 0 Å². The van der Waals surface area contributed by atoms with Gasteiger partial charge in [-0.15, -0.1) is 12.4 Å². The molecule has 0 saturated carbocycles. The van der Waals surface area contributed by atoms with Gasteiger partial charge in [-0.1, -0.05) is 11.6 Å². The van der Waals surface area contributed by atoms with Crippen molar-refractivity contribution >= 4 is 35.6 Å². The largest absolute Gasteiger partial charge is 0.490 e. The van der Waals surface area contributed by atoms with Gasteiger partial charge in [-0.25, -0.2) is 0 Å². The number of rotatable bonds is 7. The van der Waals surface area contributed by atoms with Gasteiger partial charge in [0.15, 0.2) is 0 Å². The van der Waals surface area contributed by atoms with Crippen LogP contribution < -0.4 is 15.4 Å². The lowest BCUT2D eigenvalue weighted by Gasteiger charge is -2.12. The molecule has 1 fully saturated rings. The molecule has 2 N–H and O–H groups in total. The number of carbonyl (C=O) groups is 1. The molecule has 1 aliphatic heterocycles. The highest BCUT2D eigenvalue weighted by atomic mass is 35.5. The highest BCUT2D eigenvalue weighted by Crippen LogP contribution is 2.27. The summed E-state index contributed by atoms with van der Waals surface area (Å²) >= 11 is 6.13. The highest BCUT2D eigenvalue weighted by molar-refractivity contribution is 6.32. The fraction of sp³-hybridized carbons (Fsp3) is 0.533. The van der Waals surface area contributed by atoms with E-state index in [1.165, 1.54) is 0 Å². The number of methoxy groups -OCH3 is 1. The van der Waals surface area contributed by atoms with Crippen LogP contribution in [0.1, 0.15) is 19.3 Å². The summed E-state index contributed by atoms with van der Waals surface area (Å²) < 4.78 is 10.4. The Morgan fingerprint density at radius 3 is 2.91 bits per heavy atom. The van der Waals surface area contributed by atoms with Crippen molar-refractivity contribution in [3.05, 3.63) is 23.2 Å². The van der Waals surface area contributed by atoms with E-state index in [0.29, 0.717) is 36.1 Å². The number of ether oxygens (including phenoxy) is 2. The number of hydrogen-bond donors (Lipinski definition) is 2. The number of amides is 1. The van der Waals surface area contributed by atoms with Gasteiger partial charge in [-0.3, -0.25) is 4.79 Å². The molecule has 0 bridgehead atoms. The maximum atomic E-state index is 11.9. The van der Waals surface area contributed by atoms with Crippen LogP contribution in [-0.2, 0) is 9.53 Å². The van der Waals surface area contributed by atoms with E-state index in [-0.39, 0.29) is 24.4 Å². The zero-order valence-electron chi connectivity index (χ0n) is 12.6. The first-order valence-electron chi connectivity index (χ1n) is 7.13. The second kappa shape index (κ2) is 9.90. The van der Waals surface area contributed by atoms with Crippen molar-refractivity contribution in [2.24, 2.45) is 0 Å². The lowest BCUT2D eigenvalue weighted by atomic mass is 10.1. The van der Waals surface area contributed by atoms with Crippen LogP contribution >= 0.6 is 24.0 Å². The summed E-state index contributed by atoms with van der Waals surface area (Å²) in [5.41, 5.74) is 0.682. The maximum Gasteiger partial charge on any atom is 0.225 e. The topological polar surface area (TPSA) is 59.6 Å². The number of halogens is 2. The molecule has 124 valence electrons. The number of anilines is 1. The first-order valence-corrected chi connectivity index (χ1v) is 7.51. The highest BCUT2D eigenvalue weighted by Gasteiger charge is 2.17. The molecule has 1 aliphatic rings. The lowest BCUT2D eigenvalue weighted by Crippen LogP contribution is -2.27. The molecule has 5 nitrogen and oxygen atoms in total. The van der Waals surface area contributed by atoms with Crippen LogP contribution in [0.5, 0.6) is 5.75 Å². The minimum Gasteiger partial charge on any atom is -0.490 e. The Hall–Kier alpha value is -1.01. The first kappa shape index (κ1) is 19.0. The third-order valence-corrected chi connectivity index (χ3v) is 3.65. The first-order chi connectivity index (χ1) is 10.2. The van der Waals surface area contributed by atoms with E-state index in [1.807, 2.05) is 0 Å². The zero-order chi connectivity index (χ0) is 15.1. The van der Waals surface area contributed by atoms with Crippen molar-refractivity contribution in [2.75, 3.05) is 32.2 Å². The van der Waals surface area contributed by atoms with Gasteiger partial charge in [-0.2, -0.15) is 0 Å². The summed E-state index contributed by atoms with van der Waals surface area (Å²) in [6, 6.07) is 5.52. The Balaban J connectivity index is 0.00000242. The van der Waals surface area contributed by atoms with E-state index in [1.54, 1.807) is 25.3 Å². The summed E-state index contributed by atoms with van der Waals surface area (Å²) in [7, 11) is 1.61. The molecule has 1 aromatic carbocycles. The van der Waals surface area contributed by atoms with Gasteiger partial charge in [0.05, 0.1) is 11.6 Å². The number of nitrogens with one attached hydrogen (secondary N) is 2. The predicted octanol–water partition coefficient (Wildman–Crippen LogP) is 2.87. The molecule has 1 heterocycles. The van der Waals surface area contributed by atoms with Crippen LogP contribution in [0, 0.1) is 0 Å². The number of hydrogen-bond acceptors (Lipinski definition) is 4. The van der Waals surface area contributed by atoms with Crippen LogP contribution in [0.4, 0.5) is 5.69 Å². The Bertz CT molecular complexity index is 480. The van der Waals surface area contributed by atoms with E-state index in [2.05, 4.69) is 10.6 Å². The Morgan fingerprint density at radius 1 is 1.45 bits per heavy atom. The Morgan fingerprint density at radius 2 is 2.27 bits per heavy atom. The van der Waals surface area contributed by atoms with Crippen LogP contribution in [0.3, 0.4) is 0 Å². The van der Waals surface area contributed by atoms with Gasteiger partial charge >= 0.3 is 0 Å². The van der Waals surface area contributed by atoms with Crippen molar-refractivity contribution in [1.29, 1.82) is 0 Å². The standard InChI is InChI=1S/C15H21ClN2O3.ClH/c1-20-7-8-21-14-5-4-12(9-13(14)16)18-15(19)10-11-3-2-6-17-11;/h4-5,9,11,17H,2-3,6-8,10H2,1H3,(H,18,19);1H. The van der Waals surface area contributed by atoms with Gasteiger partial charge in [-0.05, 0) is 37.6 Å². The summed E-state index contributed by atoms with van der Waals surface area (Å²) in [6.07, 6.45) is 2.68. The molecule has 1 aromatic rings. The SMILES string of the molecule is COCCOc1ccc(NC(=O)CC2CCCN2)cc1Cl.Cl. The molecular formula is C15H22Cl2N2O3. The van der Waals surface area contributed by atoms with Gasteiger partial charge in [0.25, 0.3) is 0 Å². The number of carbonyl (C=O) groups excluding carboxylic acids is 1. The zero-order valence-corrected chi connectivity index (χ0v) is 14.1. The minimum absolute atomic E-state index is 0. The molecule has 1 unspecified atom stereocenters. The fourth-order valence-corrected chi connectivity index (χ4v) is 2.53. The monoisotopic (exact) mass is 348 g/mol. The second-order valence-electron chi connectivity index (χ2n) is 5.03. The normalized spacial score (nSPS) is 16.9. The van der Waals surface area contributed by atoms with E-state index >= 15 is 0 Å². The van der Waals surface area contributed by atoms with E-state index in [9.17, 15) is 4.79 Å². The fourth-order valence-electron chi connectivity index (χ4n) is 2.30. The molecule has 0 aliphatic carbocycles. The molecule has 0 radical (unpaired) electrons. The van der Waals surface area contributed by atoms with Gasteiger partial charge < -0.3 is 20.1 Å². The molecule has 1 atom stereocenters. The van der Waals surface area contributed by atoms with Crippen LogP contribution in [-0.4, -0.2) is 38.8 Å². The van der Waals surface area contributed by atoms with Crippen molar-refractivity contribution < 1.29 is 14.3 Å². The summed E-state index contributed by atoms with van der Waals surface area (Å²) in [4.78, 5) is 11.9. The molecular weight excluding hydrogens is 327 g/mol. The molecule has 0 aromatic heterocycles. The van der Waals surface area contributed by atoms with Crippen molar-refractivity contribution in [1.82, 2.24) is 5.32 Å². The van der Waals surface area contributed by atoms with Crippen molar-refractivity contribution in [2.45, 2.75) is 25.3 Å². The molecule has 22 heavy (non-hydrogen) atoms. The van der Waals surface area contributed by atoms with Crippen LogP contribution in [0.15, 0.2) is 18.2 Å². The molecule has 7 heteroatoms. The van der Waals surface area contributed by atoms with Gasteiger partial charge in [0, 0.05) is 25.3 Å². The predicted molar refractivity (Wildman–Crippen MR) is 90.3 cm³/mol. The summed E-state index contributed by atoms with van der Waals surface area (Å²) in [5.74, 6) is 0.586. The molecule has 2 rings (SSSR count). The Kier molecular flexibility index (Phi) is 8.56. The third-order valence-electron chi connectivity index (χ3n) is 3.35. The quantitative estimate of drug-likeness (QED) is 0.744. The van der Waals surface area contributed by atoms with Crippen molar-refractivity contribution in [3.8, 4) is 5.75 Å².